The van der Waals surface area contributed by atoms with Crippen LogP contribution in [-0.4, -0.2) is 38.0 Å². The van der Waals surface area contributed by atoms with Crippen molar-refractivity contribution in [2.45, 2.75) is 12.6 Å². The second-order valence-corrected chi connectivity index (χ2v) is 4.74. The minimum Gasteiger partial charge on any atom is -0.385 e. The molecule has 0 bridgehead atoms. The molecule has 0 aliphatic carbocycles. The quantitative estimate of drug-likeness (QED) is 0.789. The number of benzene rings is 1. The molecule has 20 heavy (non-hydrogen) atoms. The molecule has 0 heterocycles. The van der Waals surface area contributed by atoms with Gasteiger partial charge in [-0.2, -0.15) is 13.2 Å². The first kappa shape index (κ1) is 16.3. The molecule has 0 saturated carbocycles. The summed E-state index contributed by atoms with van der Waals surface area (Å²) in [5, 5.41) is 2.87. The Hall–Kier alpha value is -1.76. The minimum absolute atomic E-state index is 0.157. The lowest BCUT2D eigenvalue weighted by Gasteiger charge is -2.13. The summed E-state index contributed by atoms with van der Waals surface area (Å²) in [6.45, 7) is 1.33. The van der Waals surface area contributed by atoms with Crippen molar-refractivity contribution in [2.24, 2.45) is 5.73 Å². The van der Waals surface area contributed by atoms with Gasteiger partial charge in [-0.25, -0.2) is 0 Å². The maximum Gasteiger partial charge on any atom is 0.416 e. The van der Waals surface area contributed by atoms with Crippen LogP contribution in [0.15, 0.2) is 18.2 Å². The molecule has 1 aromatic rings. The van der Waals surface area contributed by atoms with Crippen molar-refractivity contribution in [3.63, 3.8) is 0 Å². The average molecular weight is 289 g/mol. The first-order valence-electron chi connectivity index (χ1n) is 6.11. The Morgan fingerprint density at radius 1 is 1.30 bits per heavy atom. The molecule has 7 heteroatoms. The predicted octanol–water partition coefficient (Wildman–Crippen LogP) is 2.17. The van der Waals surface area contributed by atoms with E-state index < -0.39 is 17.6 Å². The van der Waals surface area contributed by atoms with E-state index in [0.717, 1.165) is 25.1 Å². The molecule has 1 aromatic carbocycles. The monoisotopic (exact) mass is 289 g/mol. The molecule has 4 nitrogen and oxygen atoms in total. The molecule has 0 atom stereocenters. The number of amides is 1. The van der Waals surface area contributed by atoms with Gasteiger partial charge in [0.1, 0.15) is 0 Å². The summed E-state index contributed by atoms with van der Waals surface area (Å²) in [6, 6.07) is 3.06. The summed E-state index contributed by atoms with van der Waals surface area (Å²) in [7, 11) is 3.82. The number of primary amides is 1. The SMILES string of the molecule is CN(C)CCCNc1cc(C(N)=O)cc(C(F)(F)F)c1. The van der Waals surface area contributed by atoms with Gasteiger partial charge in [0.05, 0.1) is 5.56 Å². The molecule has 1 amide bonds. The number of rotatable bonds is 6. The van der Waals surface area contributed by atoms with Crippen LogP contribution < -0.4 is 11.1 Å². The molecular formula is C13H18F3N3O. The van der Waals surface area contributed by atoms with Gasteiger partial charge in [0.25, 0.3) is 0 Å². The zero-order valence-corrected chi connectivity index (χ0v) is 11.4. The van der Waals surface area contributed by atoms with Gasteiger partial charge in [0.15, 0.2) is 0 Å². The Balaban J connectivity index is 2.84. The van der Waals surface area contributed by atoms with E-state index >= 15 is 0 Å². The molecule has 0 fully saturated rings. The number of hydrogen-bond acceptors (Lipinski definition) is 3. The largest absolute Gasteiger partial charge is 0.416 e. The molecule has 0 radical (unpaired) electrons. The van der Waals surface area contributed by atoms with E-state index in [1.165, 1.54) is 6.07 Å². The molecular weight excluding hydrogens is 271 g/mol. The molecule has 0 saturated heterocycles. The van der Waals surface area contributed by atoms with Crippen LogP contribution >= 0.6 is 0 Å². The Bertz CT molecular complexity index is 472. The minimum atomic E-state index is -4.51. The Labute approximate surface area is 115 Å². The summed E-state index contributed by atoms with van der Waals surface area (Å²) < 4.78 is 38.2. The van der Waals surface area contributed by atoms with Crippen LogP contribution in [0.2, 0.25) is 0 Å². The molecule has 0 aliphatic rings. The third kappa shape index (κ3) is 5.08. The number of hydrogen-bond donors (Lipinski definition) is 2. The normalized spacial score (nSPS) is 11.7. The topological polar surface area (TPSA) is 58.4 Å². The number of anilines is 1. The highest BCUT2D eigenvalue weighted by molar-refractivity contribution is 5.94. The predicted molar refractivity (Wildman–Crippen MR) is 71.6 cm³/mol. The molecule has 0 aliphatic heterocycles. The highest BCUT2D eigenvalue weighted by atomic mass is 19.4. The number of nitrogens with two attached hydrogens (primary N) is 1. The Morgan fingerprint density at radius 3 is 2.45 bits per heavy atom. The van der Waals surface area contributed by atoms with Gasteiger partial charge in [-0.15, -0.1) is 0 Å². The van der Waals surface area contributed by atoms with Crippen LogP contribution in [-0.2, 0) is 6.18 Å². The summed E-state index contributed by atoms with van der Waals surface area (Å²) in [5.74, 6) is -0.882. The van der Waals surface area contributed by atoms with Crippen LogP contribution in [0.5, 0.6) is 0 Å². The highest BCUT2D eigenvalue weighted by Gasteiger charge is 2.31. The fraction of sp³-hybridized carbons (Fsp3) is 0.462. The van der Waals surface area contributed by atoms with Gasteiger partial charge in [0.2, 0.25) is 5.91 Å². The lowest BCUT2D eigenvalue weighted by atomic mass is 10.1. The van der Waals surface area contributed by atoms with Crippen molar-refractivity contribution in [2.75, 3.05) is 32.5 Å². The van der Waals surface area contributed by atoms with Crippen molar-refractivity contribution in [3.8, 4) is 0 Å². The van der Waals surface area contributed by atoms with Gasteiger partial charge in [-0.05, 0) is 45.3 Å². The van der Waals surface area contributed by atoms with Crippen molar-refractivity contribution >= 4 is 11.6 Å². The second kappa shape index (κ2) is 6.60. The molecule has 0 spiro atoms. The maximum atomic E-state index is 12.7. The number of nitrogens with one attached hydrogen (secondary N) is 1. The fourth-order valence-electron chi connectivity index (χ4n) is 1.66. The van der Waals surface area contributed by atoms with Crippen molar-refractivity contribution in [3.05, 3.63) is 29.3 Å². The smallest absolute Gasteiger partial charge is 0.385 e. The van der Waals surface area contributed by atoms with Crippen LogP contribution in [0, 0.1) is 0 Å². The first-order valence-corrected chi connectivity index (χ1v) is 6.11. The Kier molecular flexibility index (Phi) is 5.38. The average Bonchev–Trinajstić information content (AvgIpc) is 2.33. The number of halogens is 3. The summed E-state index contributed by atoms with van der Waals surface area (Å²) in [5.41, 5.74) is 4.25. The molecule has 1 rings (SSSR count). The number of alkyl halides is 3. The highest BCUT2D eigenvalue weighted by Crippen LogP contribution is 2.31. The Morgan fingerprint density at radius 2 is 1.95 bits per heavy atom. The van der Waals surface area contributed by atoms with E-state index in [9.17, 15) is 18.0 Å². The van der Waals surface area contributed by atoms with Gasteiger partial charge in [-0.1, -0.05) is 0 Å². The zero-order valence-electron chi connectivity index (χ0n) is 11.4. The number of carbonyl (C=O) groups excluding carboxylic acids is 1. The maximum absolute atomic E-state index is 12.7. The van der Waals surface area contributed by atoms with Crippen molar-refractivity contribution in [1.29, 1.82) is 0 Å². The fourth-order valence-corrected chi connectivity index (χ4v) is 1.66. The second-order valence-electron chi connectivity index (χ2n) is 4.74. The number of carbonyl (C=O) groups is 1. The molecule has 0 unspecified atom stereocenters. The van der Waals surface area contributed by atoms with Gasteiger partial charge >= 0.3 is 6.18 Å². The van der Waals surface area contributed by atoms with Crippen LogP contribution in [0.3, 0.4) is 0 Å². The first-order chi connectivity index (χ1) is 9.20. The third-order valence-electron chi connectivity index (χ3n) is 2.66. The molecule has 0 aromatic heterocycles. The third-order valence-corrected chi connectivity index (χ3v) is 2.66. The van der Waals surface area contributed by atoms with Crippen LogP contribution in [0.25, 0.3) is 0 Å². The van der Waals surface area contributed by atoms with Crippen molar-refractivity contribution in [1.82, 2.24) is 4.90 Å². The lowest BCUT2D eigenvalue weighted by Crippen LogP contribution is -2.17. The van der Waals surface area contributed by atoms with E-state index in [-0.39, 0.29) is 11.3 Å². The van der Waals surface area contributed by atoms with E-state index in [4.69, 9.17) is 5.73 Å². The number of nitrogens with zero attached hydrogens (tertiary/aromatic N) is 1. The summed E-state index contributed by atoms with van der Waals surface area (Å²) in [4.78, 5) is 13.0. The zero-order chi connectivity index (χ0) is 15.3. The summed E-state index contributed by atoms with van der Waals surface area (Å²) in [6.07, 6.45) is -3.74. The van der Waals surface area contributed by atoms with E-state index in [1.807, 2.05) is 19.0 Å². The van der Waals surface area contributed by atoms with E-state index in [1.54, 1.807) is 0 Å². The van der Waals surface area contributed by atoms with Crippen molar-refractivity contribution < 1.29 is 18.0 Å². The lowest BCUT2D eigenvalue weighted by molar-refractivity contribution is -0.137. The standard InChI is InChI=1S/C13H18F3N3O/c1-19(2)5-3-4-18-11-7-9(12(17)20)6-10(8-11)13(14,15)16/h6-8,18H,3-5H2,1-2H3,(H2,17,20). The van der Waals surface area contributed by atoms with Crippen LogP contribution in [0.1, 0.15) is 22.3 Å². The van der Waals surface area contributed by atoms with E-state index in [2.05, 4.69) is 5.32 Å². The van der Waals surface area contributed by atoms with E-state index in [0.29, 0.717) is 6.54 Å². The summed E-state index contributed by atoms with van der Waals surface area (Å²) >= 11 is 0. The van der Waals surface area contributed by atoms with Crippen LogP contribution in [0.4, 0.5) is 18.9 Å². The van der Waals surface area contributed by atoms with Gasteiger partial charge in [-0.3, -0.25) is 4.79 Å². The van der Waals surface area contributed by atoms with Gasteiger partial charge < -0.3 is 16.0 Å². The van der Waals surface area contributed by atoms with Gasteiger partial charge in [0, 0.05) is 17.8 Å². The molecule has 3 N–H and O–H groups in total. The molecule has 112 valence electrons.